The van der Waals surface area contributed by atoms with Gasteiger partial charge >= 0.3 is 17.9 Å². The minimum absolute atomic E-state index is 0.0566. The average Bonchev–Trinajstić information content (AvgIpc) is 3.24. The summed E-state index contributed by atoms with van der Waals surface area (Å²) in [5.41, 5.74) is 0.477. The number of benzene rings is 1. The number of rotatable bonds is 8. The third kappa shape index (κ3) is 5.57. The average molecular weight is 550 g/mol. The summed E-state index contributed by atoms with van der Waals surface area (Å²) in [6, 6.07) is 0.0330. The van der Waals surface area contributed by atoms with E-state index >= 15 is 0 Å². The van der Waals surface area contributed by atoms with Crippen molar-refractivity contribution in [2.24, 2.45) is 4.99 Å². The zero-order valence-electron chi connectivity index (χ0n) is 20.1. The summed E-state index contributed by atoms with van der Waals surface area (Å²) in [4.78, 5) is 39.7. The Morgan fingerprint density at radius 1 is 1.05 bits per heavy atom. The topological polar surface area (TPSA) is 247 Å². The van der Waals surface area contributed by atoms with E-state index in [-0.39, 0.29) is 29.9 Å². The largest absolute Gasteiger partial charge is 0.504 e. The molecule has 3 heterocycles. The maximum atomic E-state index is 12.0. The number of phenols is 1. The van der Waals surface area contributed by atoms with Gasteiger partial charge in [0.05, 0.1) is 6.61 Å². The fourth-order valence-corrected chi connectivity index (χ4v) is 4.51. The van der Waals surface area contributed by atoms with Crippen molar-refractivity contribution in [3.8, 4) is 11.5 Å². The SMILES string of the molecule is O=C(O)C1=N[C@H](C(=O)O)CC(C=CN2c3cc(O)c(OC4O[C@H](CO)[C@@H](O)[C@H](O)[C@H]4O)cc3C[C@H]2C(=O)O)=C1. The number of ether oxygens (including phenoxy) is 2. The van der Waals surface area contributed by atoms with Gasteiger partial charge < -0.3 is 55.2 Å². The lowest BCUT2D eigenvalue weighted by Gasteiger charge is -2.39. The zero-order valence-corrected chi connectivity index (χ0v) is 20.1. The standard InChI is InChI=1S/C24H26N2O13/c27-8-17-18(29)19(30)20(31)24(39-17)38-16-6-10-5-14(23(36)37)26(13(10)7-15(16)28)2-1-9-3-11(21(32)33)25-12(4-9)22(34)35/h1-3,6-7,12,14,17-20,24,27-31H,4-5,8H2,(H,32,33)(H,34,35)(H,36,37)/t12-,14-,17+,18+,19-,20+,24?/m0/s1. The molecule has 0 amide bonds. The molecule has 3 aliphatic rings. The normalized spacial score (nSPS) is 30.5. The number of nitrogens with zero attached hydrogens (tertiary/aromatic N) is 2. The highest BCUT2D eigenvalue weighted by Crippen LogP contribution is 2.42. The Bertz CT molecular complexity index is 1260. The van der Waals surface area contributed by atoms with Crippen molar-refractivity contribution in [2.45, 2.75) is 55.6 Å². The van der Waals surface area contributed by atoms with E-state index in [9.17, 15) is 55.2 Å². The highest BCUT2D eigenvalue weighted by atomic mass is 16.7. The molecule has 4 rings (SSSR count). The van der Waals surface area contributed by atoms with Gasteiger partial charge in [-0.15, -0.1) is 0 Å². The van der Waals surface area contributed by atoms with Gasteiger partial charge in [0, 0.05) is 30.8 Å². The first-order valence-corrected chi connectivity index (χ1v) is 11.7. The summed E-state index contributed by atoms with van der Waals surface area (Å²) in [6.07, 6.45) is -4.19. The molecule has 39 heavy (non-hydrogen) atoms. The number of phenolic OH excluding ortho intramolecular Hbond substituents is 1. The van der Waals surface area contributed by atoms with Crippen LogP contribution in [0.2, 0.25) is 0 Å². The third-order valence-electron chi connectivity index (χ3n) is 6.56. The molecule has 0 saturated carbocycles. The van der Waals surface area contributed by atoms with Gasteiger partial charge in [-0.3, -0.25) is 4.99 Å². The van der Waals surface area contributed by atoms with Gasteiger partial charge in [0.25, 0.3) is 0 Å². The first kappa shape index (κ1) is 28.0. The molecule has 1 unspecified atom stereocenters. The number of aliphatic hydroxyl groups excluding tert-OH is 4. The molecule has 0 aromatic heterocycles. The molecular formula is C24H26N2O13. The van der Waals surface area contributed by atoms with Gasteiger partial charge in [-0.2, -0.15) is 0 Å². The Morgan fingerprint density at radius 2 is 1.77 bits per heavy atom. The summed E-state index contributed by atoms with van der Waals surface area (Å²) in [5, 5.41) is 78.4. The number of anilines is 1. The van der Waals surface area contributed by atoms with E-state index in [4.69, 9.17) is 9.47 Å². The van der Waals surface area contributed by atoms with Crippen LogP contribution in [0.3, 0.4) is 0 Å². The summed E-state index contributed by atoms with van der Waals surface area (Å²) < 4.78 is 10.8. The molecule has 1 aromatic rings. The second kappa shape index (κ2) is 11.0. The zero-order chi connectivity index (χ0) is 28.6. The van der Waals surface area contributed by atoms with E-state index < -0.39 is 78.8 Å². The minimum Gasteiger partial charge on any atom is -0.504 e. The lowest BCUT2D eigenvalue weighted by Crippen LogP contribution is -2.60. The van der Waals surface area contributed by atoms with Crippen molar-refractivity contribution in [3.05, 3.63) is 41.6 Å². The Kier molecular flexibility index (Phi) is 7.89. The number of fused-ring (bicyclic) bond motifs is 1. The van der Waals surface area contributed by atoms with Crippen LogP contribution < -0.4 is 9.64 Å². The van der Waals surface area contributed by atoms with Gasteiger partial charge in [0.1, 0.15) is 36.2 Å². The minimum atomic E-state index is -1.74. The molecule has 3 aliphatic heterocycles. The number of aromatic hydroxyl groups is 1. The number of hydrogen-bond acceptors (Lipinski definition) is 12. The van der Waals surface area contributed by atoms with Crippen LogP contribution in [0.15, 0.2) is 41.1 Å². The van der Waals surface area contributed by atoms with E-state index in [0.717, 1.165) is 0 Å². The Morgan fingerprint density at radius 3 is 2.38 bits per heavy atom. The van der Waals surface area contributed by atoms with E-state index in [1.54, 1.807) is 0 Å². The van der Waals surface area contributed by atoms with Crippen LogP contribution in [0, 0.1) is 0 Å². The molecule has 0 radical (unpaired) electrons. The summed E-state index contributed by atoms with van der Waals surface area (Å²) in [6.45, 7) is -0.688. The number of aliphatic hydroxyl groups is 4. The molecule has 1 fully saturated rings. The van der Waals surface area contributed by atoms with Crippen molar-refractivity contribution >= 4 is 29.3 Å². The summed E-state index contributed by atoms with van der Waals surface area (Å²) in [5.74, 6) is -4.67. The smallest absolute Gasteiger partial charge is 0.354 e. The molecule has 15 nitrogen and oxygen atoms in total. The van der Waals surface area contributed by atoms with E-state index in [1.165, 1.54) is 35.4 Å². The van der Waals surface area contributed by atoms with Crippen molar-refractivity contribution < 1.29 is 64.7 Å². The maximum absolute atomic E-state index is 12.0. The molecule has 0 spiro atoms. The predicted molar refractivity (Wildman–Crippen MR) is 128 cm³/mol. The van der Waals surface area contributed by atoms with Gasteiger partial charge in [0.15, 0.2) is 17.5 Å². The fraction of sp³-hybridized carbons (Fsp3) is 0.417. The van der Waals surface area contributed by atoms with Crippen LogP contribution in [0.4, 0.5) is 5.69 Å². The summed E-state index contributed by atoms with van der Waals surface area (Å²) >= 11 is 0. The van der Waals surface area contributed by atoms with Gasteiger partial charge in [-0.05, 0) is 29.4 Å². The van der Waals surface area contributed by atoms with Crippen LogP contribution in [-0.2, 0) is 25.5 Å². The summed E-state index contributed by atoms with van der Waals surface area (Å²) in [7, 11) is 0. The maximum Gasteiger partial charge on any atom is 0.354 e. The molecule has 1 saturated heterocycles. The lowest BCUT2D eigenvalue weighted by molar-refractivity contribution is -0.277. The third-order valence-corrected chi connectivity index (χ3v) is 6.56. The number of allylic oxidation sites excluding steroid dienone is 1. The Labute approximate surface area is 219 Å². The van der Waals surface area contributed by atoms with Crippen molar-refractivity contribution in [3.63, 3.8) is 0 Å². The first-order valence-electron chi connectivity index (χ1n) is 11.7. The molecule has 0 bridgehead atoms. The van der Waals surface area contributed by atoms with Gasteiger partial charge in [-0.1, -0.05) is 0 Å². The molecule has 0 aliphatic carbocycles. The quantitative estimate of drug-likeness (QED) is 0.178. The number of aliphatic imine (C=N–C) groups is 1. The number of carboxylic acids is 3. The van der Waals surface area contributed by atoms with Crippen molar-refractivity contribution in [1.29, 1.82) is 0 Å². The van der Waals surface area contributed by atoms with Crippen LogP contribution >= 0.6 is 0 Å². The van der Waals surface area contributed by atoms with Crippen LogP contribution in [0.25, 0.3) is 0 Å². The highest BCUT2D eigenvalue weighted by Gasteiger charge is 2.45. The molecular weight excluding hydrogens is 524 g/mol. The van der Waals surface area contributed by atoms with Crippen LogP contribution in [0.5, 0.6) is 11.5 Å². The number of carboxylic acid groups (broad SMARTS) is 3. The molecule has 8 N–H and O–H groups in total. The fourth-order valence-electron chi connectivity index (χ4n) is 4.51. The second-order valence-electron chi connectivity index (χ2n) is 9.14. The first-order chi connectivity index (χ1) is 18.4. The number of hydrogen-bond donors (Lipinski definition) is 8. The molecule has 7 atom stereocenters. The molecule has 1 aromatic carbocycles. The highest BCUT2D eigenvalue weighted by molar-refractivity contribution is 6.41. The molecule has 210 valence electrons. The second-order valence-corrected chi connectivity index (χ2v) is 9.14. The van der Waals surface area contributed by atoms with Crippen molar-refractivity contribution in [2.75, 3.05) is 11.5 Å². The van der Waals surface area contributed by atoms with E-state index in [0.29, 0.717) is 5.56 Å². The van der Waals surface area contributed by atoms with Crippen LogP contribution in [0.1, 0.15) is 12.0 Å². The van der Waals surface area contributed by atoms with Crippen molar-refractivity contribution in [1.82, 2.24) is 0 Å². The molecule has 15 heteroatoms. The van der Waals surface area contributed by atoms with Gasteiger partial charge in [-0.25, -0.2) is 14.4 Å². The van der Waals surface area contributed by atoms with Gasteiger partial charge in [0.2, 0.25) is 6.29 Å². The number of dihydropyridines is 1. The number of carbonyl (C=O) groups is 3. The Hall–Kier alpha value is -4.02. The predicted octanol–water partition coefficient (Wildman–Crippen LogP) is -1.79. The number of aliphatic carboxylic acids is 3. The lowest BCUT2D eigenvalue weighted by atomic mass is 9.99. The van der Waals surface area contributed by atoms with Crippen LogP contribution in [-0.4, -0.2) is 114 Å². The monoisotopic (exact) mass is 550 g/mol. The van der Waals surface area contributed by atoms with E-state index in [1.807, 2.05) is 0 Å². The van der Waals surface area contributed by atoms with E-state index in [2.05, 4.69) is 4.99 Å². The Balaban J connectivity index is 1.61.